The highest BCUT2D eigenvalue weighted by Gasteiger charge is 2.02. The van der Waals surface area contributed by atoms with Crippen molar-refractivity contribution in [3.8, 4) is 5.75 Å². The highest BCUT2D eigenvalue weighted by molar-refractivity contribution is 5.42. The van der Waals surface area contributed by atoms with Crippen LogP contribution in [0, 0.1) is 5.82 Å². The fourth-order valence-corrected chi connectivity index (χ4v) is 1.48. The lowest BCUT2D eigenvalue weighted by Gasteiger charge is -2.07. The summed E-state index contributed by atoms with van der Waals surface area (Å²) < 4.78 is 20.6. The Labute approximate surface area is 98.8 Å². The number of rotatable bonds is 5. The zero-order chi connectivity index (χ0) is 12.1. The van der Waals surface area contributed by atoms with Gasteiger partial charge in [0.1, 0.15) is 0 Å². The first-order valence-electron chi connectivity index (χ1n) is 5.39. The van der Waals surface area contributed by atoms with E-state index in [4.69, 9.17) is 10.5 Å². The largest absolute Gasteiger partial charge is 0.490 e. The van der Waals surface area contributed by atoms with Crippen molar-refractivity contribution in [1.82, 2.24) is 9.55 Å². The van der Waals surface area contributed by atoms with Crippen LogP contribution in [0.25, 0.3) is 0 Å². The van der Waals surface area contributed by atoms with Gasteiger partial charge in [-0.2, -0.15) is 0 Å². The van der Waals surface area contributed by atoms with E-state index in [1.165, 1.54) is 6.07 Å². The predicted molar refractivity (Wildman–Crippen MR) is 63.2 cm³/mol. The molecule has 2 N–H and O–H groups in total. The standard InChI is InChI=1S/C12H14FN3O/c13-11-8-10(14)2-3-12(11)17-7-1-5-16-6-4-15-9-16/h2-4,6,8-9H,1,5,7,14H2. The molecule has 0 fully saturated rings. The number of hydrogen-bond acceptors (Lipinski definition) is 3. The SMILES string of the molecule is Nc1ccc(OCCCn2ccnc2)c(F)c1. The van der Waals surface area contributed by atoms with Crippen LogP contribution in [0.15, 0.2) is 36.9 Å². The zero-order valence-corrected chi connectivity index (χ0v) is 9.34. The minimum atomic E-state index is -0.423. The summed E-state index contributed by atoms with van der Waals surface area (Å²) >= 11 is 0. The van der Waals surface area contributed by atoms with E-state index in [9.17, 15) is 4.39 Å². The molecule has 0 aliphatic heterocycles. The summed E-state index contributed by atoms with van der Waals surface area (Å²) in [5.74, 6) is -0.183. The zero-order valence-electron chi connectivity index (χ0n) is 9.34. The summed E-state index contributed by atoms with van der Waals surface area (Å²) in [5.41, 5.74) is 5.84. The van der Waals surface area contributed by atoms with Crippen LogP contribution in [0.4, 0.5) is 10.1 Å². The highest BCUT2D eigenvalue weighted by Crippen LogP contribution is 2.19. The van der Waals surface area contributed by atoms with Gasteiger partial charge in [-0.3, -0.25) is 0 Å². The first kappa shape index (κ1) is 11.4. The Hall–Kier alpha value is -2.04. The van der Waals surface area contributed by atoms with E-state index in [0.717, 1.165) is 13.0 Å². The van der Waals surface area contributed by atoms with Crippen molar-refractivity contribution in [1.29, 1.82) is 0 Å². The number of nitrogens with zero attached hydrogens (tertiary/aromatic N) is 2. The molecule has 0 bridgehead atoms. The van der Waals surface area contributed by atoms with Gasteiger partial charge in [0.15, 0.2) is 11.6 Å². The molecule has 0 saturated heterocycles. The molecule has 1 aromatic heterocycles. The number of benzene rings is 1. The molecule has 0 saturated carbocycles. The van der Waals surface area contributed by atoms with Crippen LogP contribution < -0.4 is 10.5 Å². The summed E-state index contributed by atoms with van der Waals surface area (Å²) in [7, 11) is 0. The number of aromatic nitrogens is 2. The van der Waals surface area contributed by atoms with Crippen LogP contribution >= 0.6 is 0 Å². The second-order valence-corrected chi connectivity index (χ2v) is 3.69. The normalized spacial score (nSPS) is 10.4. The number of imidazole rings is 1. The van der Waals surface area contributed by atoms with E-state index in [1.54, 1.807) is 24.7 Å². The maximum atomic E-state index is 13.3. The van der Waals surface area contributed by atoms with Crippen molar-refractivity contribution in [3.63, 3.8) is 0 Å². The Kier molecular flexibility index (Phi) is 3.59. The van der Waals surface area contributed by atoms with Crippen molar-refractivity contribution < 1.29 is 9.13 Å². The van der Waals surface area contributed by atoms with Crippen LogP contribution in [-0.2, 0) is 6.54 Å². The third kappa shape index (κ3) is 3.21. The lowest BCUT2D eigenvalue weighted by Crippen LogP contribution is -2.04. The van der Waals surface area contributed by atoms with Gasteiger partial charge in [-0.15, -0.1) is 0 Å². The molecule has 0 amide bonds. The molecule has 0 aliphatic rings. The van der Waals surface area contributed by atoms with Crippen LogP contribution in [0.2, 0.25) is 0 Å². The summed E-state index contributed by atoms with van der Waals surface area (Å²) in [5, 5.41) is 0. The van der Waals surface area contributed by atoms with Crippen LogP contribution in [0.1, 0.15) is 6.42 Å². The Balaban J connectivity index is 1.78. The molecule has 0 atom stereocenters. The fourth-order valence-electron chi connectivity index (χ4n) is 1.48. The predicted octanol–water partition coefficient (Wildman–Crippen LogP) is 2.07. The molecule has 90 valence electrons. The van der Waals surface area contributed by atoms with E-state index in [1.807, 2.05) is 10.8 Å². The fraction of sp³-hybridized carbons (Fsp3) is 0.250. The van der Waals surface area contributed by atoms with Gasteiger partial charge in [-0.05, 0) is 18.6 Å². The van der Waals surface area contributed by atoms with Crippen molar-refractivity contribution in [2.45, 2.75) is 13.0 Å². The van der Waals surface area contributed by atoms with Crippen molar-refractivity contribution in [2.24, 2.45) is 0 Å². The Bertz CT molecular complexity index is 471. The lowest BCUT2D eigenvalue weighted by molar-refractivity contribution is 0.288. The highest BCUT2D eigenvalue weighted by atomic mass is 19.1. The van der Waals surface area contributed by atoms with Crippen molar-refractivity contribution in [3.05, 3.63) is 42.7 Å². The van der Waals surface area contributed by atoms with Gasteiger partial charge in [-0.25, -0.2) is 9.37 Å². The van der Waals surface area contributed by atoms with Gasteiger partial charge in [0, 0.05) is 30.7 Å². The molecule has 4 nitrogen and oxygen atoms in total. The molecule has 2 aromatic rings. The molecular weight excluding hydrogens is 221 g/mol. The quantitative estimate of drug-likeness (QED) is 0.637. The second-order valence-electron chi connectivity index (χ2n) is 3.69. The van der Waals surface area contributed by atoms with Gasteiger partial charge >= 0.3 is 0 Å². The molecule has 17 heavy (non-hydrogen) atoms. The number of anilines is 1. The number of nitrogens with two attached hydrogens (primary N) is 1. The van der Waals surface area contributed by atoms with Crippen molar-refractivity contribution in [2.75, 3.05) is 12.3 Å². The van der Waals surface area contributed by atoms with E-state index in [2.05, 4.69) is 4.98 Å². The molecule has 0 radical (unpaired) electrons. The first-order chi connectivity index (χ1) is 8.25. The van der Waals surface area contributed by atoms with E-state index in [0.29, 0.717) is 12.3 Å². The minimum absolute atomic E-state index is 0.241. The number of aryl methyl sites for hydroxylation is 1. The second kappa shape index (κ2) is 5.34. The first-order valence-corrected chi connectivity index (χ1v) is 5.39. The van der Waals surface area contributed by atoms with Gasteiger partial charge in [-0.1, -0.05) is 0 Å². The maximum Gasteiger partial charge on any atom is 0.167 e. The summed E-state index contributed by atoms with van der Waals surface area (Å²) in [6, 6.07) is 4.42. The van der Waals surface area contributed by atoms with Gasteiger partial charge in [0.2, 0.25) is 0 Å². The number of nitrogen functional groups attached to an aromatic ring is 1. The molecule has 1 aromatic carbocycles. The van der Waals surface area contributed by atoms with Crippen LogP contribution in [0.5, 0.6) is 5.75 Å². The Morgan fingerprint density at radius 3 is 3.00 bits per heavy atom. The Morgan fingerprint density at radius 2 is 2.29 bits per heavy atom. The lowest BCUT2D eigenvalue weighted by atomic mass is 10.3. The molecule has 0 spiro atoms. The molecule has 2 rings (SSSR count). The number of hydrogen-bond donors (Lipinski definition) is 1. The van der Waals surface area contributed by atoms with E-state index in [-0.39, 0.29) is 5.75 Å². The van der Waals surface area contributed by atoms with E-state index < -0.39 is 5.82 Å². The third-order valence-corrected chi connectivity index (χ3v) is 2.33. The van der Waals surface area contributed by atoms with Gasteiger partial charge in [0.25, 0.3) is 0 Å². The average Bonchev–Trinajstić information content (AvgIpc) is 2.79. The molecule has 0 unspecified atom stereocenters. The summed E-state index contributed by atoms with van der Waals surface area (Å²) in [6.07, 6.45) is 6.13. The number of ether oxygens (including phenoxy) is 1. The van der Waals surface area contributed by atoms with Gasteiger partial charge in [0.05, 0.1) is 12.9 Å². The topological polar surface area (TPSA) is 53.1 Å². The summed E-state index contributed by atoms with van der Waals surface area (Å²) in [4.78, 5) is 3.93. The van der Waals surface area contributed by atoms with Gasteiger partial charge < -0.3 is 15.0 Å². The molecule has 0 aliphatic carbocycles. The Morgan fingerprint density at radius 1 is 1.41 bits per heavy atom. The van der Waals surface area contributed by atoms with Crippen LogP contribution in [0.3, 0.4) is 0 Å². The molecule has 1 heterocycles. The van der Waals surface area contributed by atoms with E-state index >= 15 is 0 Å². The number of halogens is 1. The maximum absolute atomic E-state index is 13.3. The average molecular weight is 235 g/mol. The minimum Gasteiger partial charge on any atom is -0.490 e. The summed E-state index contributed by atoms with van der Waals surface area (Å²) in [6.45, 7) is 1.26. The molecular formula is C12H14FN3O. The monoisotopic (exact) mass is 235 g/mol. The third-order valence-electron chi connectivity index (χ3n) is 2.33. The van der Waals surface area contributed by atoms with Crippen LogP contribution in [-0.4, -0.2) is 16.2 Å². The van der Waals surface area contributed by atoms with Crippen molar-refractivity contribution >= 4 is 5.69 Å². The molecule has 5 heteroatoms. The smallest absolute Gasteiger partial charge is 0.167 e.